The molecule has 1 saturated carbocycles. The van der Waals surface area contributed by atoms with Crippen molar-refractivity contribution in [1.29, 1.82) is 0 Å². The van der Waals surface area contributed by atoms with Crippen molar-refractivity contribution < 1.29 is 22.7 Å². The van der Waals surface area contributed by atoms with Crippen LogP contribution in [0.2, 0.25) is 0 Å². The van der Waals surface area contributed by atoms with E-state index in [0.29, 0.717) is 26.3 Å². The molecule has 3 aliphatic rings. The van der Waals surface area contributed by atoms with Crippen LogP contribution in [0.1, 0.15) is 32.1 Å². The Labute approximate surface area is 156 Å². The molecule has 2 fully saturated rings. The molecule has 2 atom stereocenters. The maximum atomic E-state index is 13.6. The second kappa shape index (κ2) is 7.90. The number of allylic oxidation sites excluding steroid dienone is 2. The van der Waals surface area contributed by atoms with Crippen molar-refractivity contribution in [2.45, 2.75) is 49.3 Å². The first-order valence-corrected chi connectivity index (χ1v) is 9.46. The summed E-state index contributed by atoms with van der Waals surface area (Å²) in [6.07, 6.45) is 3.60. The lowest BCUT2D eigenvalue weighted by molar-refractivity contribution is -0.125. The lowest BCUT2D eigenvalue weighted by atomic mass is 9.90. The predicted octanol–water partition coefficient (Wildman–Crippen LogP) is 3.38. The predicted molar refractivity (Wildman–Crippen MR) is 92.8 cm³/mol. The maximum Gasteiger partial charge on any atom is 0.414 e. The van der Waals surface area contributed by atoms with Crippen molar-refractivity contribution in [1.82, 2.24) is 10.2 Å². The zero-order valence-electron chi connectivity index (χ0n) is 14.5. The van der Waals surface area contributed by atoms with Crippen molar-refractivity contribution in [2.75, 3.05) is 26.3 Å². The Morgan fingerprint density at radius 2 is 1.96 bits per heavy atom. The number of morpholine rings is 1. The van der Waals surface area contributed by atoms with Crippen molar-refractivity contribution in [3.8, 4) is 0 Å². The van der Waals surface area contributed by atoms with Gasteiger partial charge in [-0.25, -0.2) is 0 Å². The molecule has 2 aliphatic carbocycles. The van der Waals surface area contributed by atoms with Gasteiger partial charge in [0.25, 0.3) is 0 Å². The zero-order chi connectivity index (χ0) is 18.8. The Bertz CT molecular complexity index is 581. The van der Waals surface area contributed by atoms with Crippen LogP contribution in [-0.2, 0) is 9.53 Å². The Hall–Kier alpha value is -1.05. The number of hydrogen-bond acceptors (Lipinski definition) is 3. The molecule has 0 bridgehead atoms. The fourth-order valence-corrected chi connectivity index (χ4v) is 4.44. The molecule has 0 aromatic rings. The lowest BCUT2D eigenvalue weighted by Gasteiger charge is -2.46. The van der Waals surface area contributed by atoms with E-state index in [1.54, 1.807) is 4.90 Å². The van der Waals surface area contributed by atoms with Crippen LogP contribution in [0.4, 0.5) is 13.2 Å². The van der Waals surface area contributed by atoms with Gasteiger partial charge in [0.05, 0.1) is 24.8 Å². The number of carbonyl (C=O) groups excluding carboxylic acids is 1. The molecular weight excluding hydrogens is 369 g/mol. The standard InChI is InChI=1S/C18H24ClF3N2O2/c19-17(24-8-10-26-11-9-24)7-3-6-14(18(20,21)22)16(17)23-15(25)12-13-4-1-2-5-13/h3,6-7,13,16H,1-2,4-5,8-12H2,(H,23,25). The van der Waals surface area contributed by atoms with Crippen LogP contribution >= 0.6 is 11.6 Å². The van der Waals surface area contributed by atoms with Gasteiger partial charge in [0.15, 0.2) is 0 Å². The third-order valence-electron chi connectivity index (χ3n) is 5.40. The van der Waals surface area contributed by atoms with Gasteiger partial charge in [-0.3, -0.25) is 9.69 Å². The second-order valence-electron chi connectivity index (χ2n) is 7.16. The fraction of sp³-hybridized carbons (Fsp3) is 0.722. The Balaban J connectivity index is 1.81. The molecule has 0 spiro atoms. The third kappa shape index (κ3) is 4.26. The molecule has 0 aromatic carbocycles. The molecule has 8 heteroatoms. The molecule has 26 heavy (non-hydrogen) atoms. The third-order valence-corrected chi connectivity index (χ3v) is 5.98. The van der Waals surface area contributed by atoms with Gasteiger partial charge in [0.1, 0.15) is 5.00 Å². The van der Waals surface area contributed by atoms with E-state index in [4.69, 9.17) is 16.3 Å². The highest BCUT2D eigenvalue weighted by Crippen LogP contribution is 2.41. The van der Waals surface area contributed by atoms with E-state index in [1.807, 2.05) is 0 Å². The number of nitrogens with one attached hydrogen (secondary N) is 1. The van der Waals surface area contributed by atoms with Crippen molar-refractivity contribution in [3.63, 3.8) is 0 Å². The van der Waals surface area contributed by atoms with Gasteiger partial charge in [0.2, 0.25) is 5.91 Å². The summed E-state index contributed by atoms with van der Waals surface area (Å²) in [5, 5.41) is 2.60. The largest absolute Gasteiger partial charge is 0.414 e. The highest BCUT2D eigenvalue weighted by atomic mass is 35.5. The Morgan fingerprint density at radius 1 is 1.31 bits per heavy atom. The SMILES string of the molecule is O=C(CC1CCCC1)NC1C(C(F)(F)F)=CC=CC1(Cl)N1CCOCC1. The fourth-order valence-electron chi connectivity index (χ4n) is 4.03. The summed E-state index contributed by atoms with van der Waals surface area (Å²) in [6.45, 7) is 1.62. The molecular formula is C18H24ClF3N2O2. The molecule has 4 nitrogen and oxygen atoms in total. The van der Waals surface area contributed by atoms with Crippen molar-refractivity contribution >= 4 is 17.5 Å². The van der Waals surface area contributed by atoms with Gasteiger partial charge in [-0.05, 0) is 24.8 Å². The van der Waals surface area contributed by atoms with Crippen LogP contribution in [-0.4, -0.2) is 54.3 Å². The minimum atomic E-state index is -4.57. The van der Waals surface area contributed by atoms with E-state index < -0.39 is 22.8 Å². The zero-order valence-corrected chi connectivity index (χ0v) is 15.3. The number of hydrogen-bond donors (Lipinski definition) is 1. The molecule has 0 radical (unpaired) electrons. The number of halogens is 4. The first kappa shape index (κ1) is 19.7. The minimum absolute atomic E-state index is 0.251. The Morgan fingerprint density at radius 3 is 2.58 bits per heavy atom. The molecule has 2 unspecified atom stereocenters. The Kier molecular flexibility index (Phi) is 5.99. The number of amides is 1. The highest BCUT2D eigenvalue weighted by Gasteiger charge is 2.52. The van der Waals surface area contributed by atoms with E-state index in [0.717, 1.165) is 31.8 Å². The quantitative estimate of drug-likeness (QED) is 0.589. The van der Waals surface area contributed by atoms with Crippen LogP contribution in [0, 0.1) is 5.92 Å². The number of carbonyl (C=O) groups is 1. The summed E-state index contributed by atoms with van der Waals surface area (Å²) in [6, 6.07) is -1.35. The summed E-state index contributed by atoms with van der Waals surface area (Å²) in [5.41, 5.74) is -0.818. The normalized spacial score (nSPS) is 31.1. The summed E-state index contributed by atoms with van der Waals surface area (Å²) in [5.74, 6) is -0.119. The van der Waals surface area contributed by atoms with Gasteiger partial charge in [-0.1, -0.05) is 36.6 Å². The second-order valence-corrected chi connectivity index (χ2v) is 7.77. The van der Waals surface area contributed by atoms with Gasteiger partial charge < -0.3 is 10.1 Å². The molecule has 1 amide bonds. The highest BCUT2D eigenvalue weighted by molar-refractivity contribution is 6.26. The summed E-state index contributed by atoms with van der Waals surface area (Å²) < 4.78 is 46.1. The van der Waals surface area contributed by atoms with E-state index in [9.17, 15) is 18.0 Å². The number of ether oxygens (including phenoxy) is 1. The number of alkyl halides is 4. The van der Waals surface area contributed by atoms with Crippen LogP contribution in [0.25, 0.3) is 0 Å². The minimum Gasteiger partial charge on any atom is -0.379 e. The van der Waals surface area contributed by atoms with Crippen LogP contribution < -0.4 is 5.32 Å². The summed E-state index contributed by atoms with van der Waals surface area (Å²) in [4.78, 5) is 12.8. The number of nitrogens with zero attached hydrogens (tertiary/aromatic N) is 1. The summed E-state index contributed by atoms with van der Waals surface area (Å²) in [7, 11) is 0. The van der Waals surface area contributed by atoms with Crippen LogP contribution in [0.3, 0.4) is 0 Å². The smallest absolute Gasteiger partial charge is 0.379 e. The van der Waals surface area contributed by atoms with Gasteiger partial charge in [0, 0.05) is 19.5 Å². The van der Waals surface area contributed by atoms with Gasteiger partial charge >= 0.3 is 6.18 Å². The van der Waals surface area contributed by atoms with Crippen molar-refractivity contribution in [3.05, 3.63) is 23.8 Å². The van der Waals surface area contributed by atoms with E-state index >= 15 is 0 Å². The molecule has 1 aliphatic heterocycles. The summed E-state index contributed by atoms with van der Waals surface area (Å²) >= 11 is 6.71. The maximum absolute atomic E-state index is 13.6. The van der Waals surface area contributed by atoms with E-state index in [1.165, 1.54) is 12.2 Å². The molecule has 0 aromatic heterocycles. The first-order valence-electron chi connectivity index (χ1n) is 9.08. The van der Waals surface area contributed by atoms with Crippen molar-refractivity contribution in [2.24, 2.45) is 5.92 Å². The number of rotatable bonds is 4. The molecule has 146 valence electrons. The molecule has 3 rings (SSSR count). The first-order chi connectivity index (χ1) is 12.3. The average Bonchev–Trinajstić information content (AvgIpc) is 3.09. The molecule has 1 N–H and O–H groups in total. The molecule has 1 heterocycles. The van der Waals surface area contributed by atoms with E-state index in [-0.39, 0.29) is 18.2 Å². The lowest BCUT2D eigenvalue weighted by Crippen LogP contribution is -2.63. The monoisotopic (exact) mass is 392 g/mol. The van der Waals surface area contributed by atoms with Crippen LogP contribution in [0.5, 0.6) is 0 Å². The van der Waals surface area contributed by atoms with Gasteiger partial charge in [-0.15, -0.1) is 0 Å². The van der Waals surface area contributed by atoms with Gasteiger partial charge in [-0.2, -0.15) is 13.2 Å². The molecule has 1 saturated heterocycles. The average molecular weight is 393 g/mol. The van der Waals surface area contributed by atoms with Crippen LogP contribution in [0.15, 0.2) is 23.8 Å². The topological polar surface area (TPSA) is 41.6 Å². The van der Waals surface area contributed by atoms with E-state index in [2.05, 4.69) is 5.32 Å².